The lowest BCUT2D eigenvalue weighted by Gasteiger charge is -2.35. The van der Waals surface area contributed by atoms with Crippen molar-refractivity contribution in [2.45, 2.75) is 31.8 Å². The third-order valence-electron chi connectivity index (χ3n) is 5.00. The van der Waals surface area contributed by atoms with E-state index in [1.807, 2.05) is 4.90 Å². The molecule has 0 aromatic carbocycles. The third-order valence-corrected chi connectivity index (χ3v) is 5.00. The zero-order chi connectivity index (χ0) is 18.5. The third kappa shape index (κ3) is 4.52. The summed E-state index contributed by atoms with van der Waals surface area (Å²) >= 11 is 0. The first-order chi connectivity index (χ1) is 12.5. The van der Waals surface area contributed by atoms with Crippen molar-refractivity contribution in [2.24, 2.45) is 5.92 Å². The summed E-state index contributed by atoms with van der Waals surface area (Å²) in [6.45, 7) is 2.82. The Hall–Kier alpha value is -2.15. The van der Waals surface area contributed by atoms with Gasteiger partial charge in [-0.1, -0.05) is 0 Å². The first-order valence-electron chi connectivity index (χ1n) is 9.25. The van der Waals surface area contributed by atoms with Crippen LogP contribution < -0.4 is 4.74 Å². The van der Waals surface area contributed by atoms with Gasteiger partial charge in [-0.3, -0.25) is 9.59 Å². The highest BCUT2D eigenvalue weighted by Crippen LogP contribution is 2.22. The molecule has 26 heavy (non-hydrogen) atoms. The quantitative estimate of drug-likeness (QED) is 0.814. The molecule has 0 spiro atoms. The Morgan fingerprint density at radius 2 is 1.85 bits per heavy atom. The van der Waals surface area contributed by atoms with Crippen LogP contribution in [0.4, 0.5) is 0 Å². The SMILES string of the molecule is CN(C)C(=O)c1ccc(OC2CCN(C(=O)C3CCOCC3)CC2)nc1. The number of piperidine rings is 1. The van der Waals surface area contributed by atoms with Crippen molar-refractivity contribution in [3.05, 3.63) is 23.9 Å². The van der Waals surface area contributed by atoms with E-state index in [1.165, 1.54) is 4.90 Å². The maximum absolute atomic E-state index is 12.6. The summed E-state index contributed by atoms with van der Waals surface area (Å²) in [5.74, 6) is 0.819. The average molecular weight is 361 g/mol. The van der Waals surface area contributed by atoms with E-state index in [9.17, 15) is 9.59 Å². The van der Waals surface area contributed by atoms with E-state index in [0.29, 0.717) is 24.7 Å². The van der Waals surface area contributed by atoms with Gasteiger partial charge >= 0.3 is 0 Å². The van der Waals surface area contributed by atoms with Crippen LogP contribution in [0.5, 0.6) is 5.88 Å². The van der Waals surface area contributed by atoms with Crippen LogP contribution >= 0.6 is 0 Å². The highest BCUT2D eigenvalue weighted by Gasteiger charge is 2.30. The van der Waals surface area contributed by atoms with Gasteiger partial charge < -0.3 is 19.3 Å². The Balaban J connectivity index is 1.48. The van der Waals surface area contributed by atoms with Crippen LogP contribution in [-0.4, -0.2) is 73.1 Å². The number of amides is 2. The van der Waals surface area contributed by atoms with E-state index in [-0.39, 0.29) is 23.8 Å². The van der Waals surface area contributed by atoms with Crippen LogP contribution in [-0.2, 0) is 9.53 Å². The molecule has 3 rings (SSSR count). The van der Waals surface area contributed by atoms with Gasteiger partial charge in [0.25, 0.3) is 5.91 Å². The van der Waals surface area contributed by atoms with Crippen molar-refractivity contribution in [1.29, 1.82) is 0 Å². The summed E-state index contributed by atoms with van der Waals surface area (Å²) in [7, 11) is 3.42. The van der Waals surface area contributed by atoms with Gasteiger partial charge in [-0.25, -0.2) is 4.98 Å². The number of hydrogen-bond acceptors (Lipinski definition) is 5. The summed E-state index contributed by atoms with van der Waals surface area (Å²) in [6, 6.07) is 3.46. The van der Waals surface area contributed by atoms with Crippen molar-refractivity contribution in [3.63, 3.8) is 0 Å². The average Bonchev–Trinajstić information content (AvgIpc) is 2.68. The maximum Gasteiger partial charge on any atom is 0.254 e. The first-order valence-corrected chi connectivity index (χ1v) is 9.25. The number of ether oxygens (including phenoxy) is 2. The molecule has 0 N–H and O–H groups in total. The lowest BCUT2D eigenvalue weighted by Crippen LogP contribution is -2.45. The summed E-state index contributed by atoms with van der Waals surface area (Å²) in [6.07, 6.45) is 4.86. The standard InChI is InChI=1S/C19H27N3O4/c1-21(2)18(23)15-3-4-17(20-13-15)26-16-5-9-22(10-6-16)19(24)14-7-11-25-12-8-14/h3-4,13-14,16H,5-12H2,1-2H3. The molecule has 142 valence electrons. The van der Waals surface area contributed by atoms with Crippen LogP contribution in [0.15, 0.2) is 18.3 Å². The van der Waals surface area contributed by atoms with Gasteiger partial charge in [0.2, 0.25) is 11.8 Å². The molecule has 2 amide bonds. The molecule has 0 radical (unpaired) electrons. The van der Waals surface area contributed by atoms with Crippen LogP contribution in [0.25, 0.3) is 0 Å². The van der Waals surface area contributed by atoms with Crippen molar-refractivity contribution in [1.82, 2.24) is 14.8 Å². The Bertz CT molecular complexity index is 618. The molecule has 1 aromatic heterocycles. The molecule has 3 heterocycles. The Morgan fingerprint density at radius 1 is 1.15 bits per heavy atom. The second-order valence-electron chi connectivity index (χ2n) is 7.11. The van der Waals surface area contributed by atoms with Gasteiger partial charge in [0.05, 0.1) is 5.56 Å². The molecule has 0 aliphatic carbocycles. The van der Waals surface area contributed by atoms with Gasteiger partial charge in [0.1, 0.15) is 6.10 Å². The number of aromatic nitrogens is 1. The van der Waals surface area contributed by atoms with Gasteiger partial charge in [0, 0.05) is 71.4 Å². The van der Waals surface area contributed by atoms with E-state index >= 15 is 0 Å². The zero-order valence-electron chi connectivity index (χ0n) is 15.5. The topological polar surface area (TPSA) is 72.0 Å². The summed E-state index contributed by atoms with van der Waals surface area (Å²) in [5, 5.41) is 0. The molecule has 2 aliphatic heterocycles. The summed E-state index contributed by atoms with van der Waals surface area (Å²) in [4.78, 5) is 32.1. The van der Waals surface area contributed by atoms with E-state index in [2.05, 4.69) is 4.98 Å². The molecule has 0 bridgehead atoms. The number of carbonyl (C=O) groups is 2. The largest absolute Gasteiger partial charge is 0.474 e. The normalized spacial score (nSPS) is 19.2. The number of hydrogen-bond donors (Lipinski definition) is 0. The lowest BCUT2D eigenvalue weighted by atomic mass is 9.97. The fraction of sp³-hybridized carbons (Fsp3) is 0.632. The molecule has 2 aliphatic rings. The van der Waals surface area contributed by atoms with Gasteiger partial charge in [0.15, 0.2) is 0 Å². The van der Waals surface area contributed by atoms with Gasteiger partial charge in [-0.2, -0.15) is 0 Å². The molecular weight excluding hydrogens is 334 g/mol. The minimum Gasteiger partial charge on any atom is -0.474 e. The van der Waals surface area contributed by atoms with Crippen molar-refractivity contribution in [2.75, 3.05) is 40.4 Å². The Kier molecular flexibility index (Phi) is 6.08. The number of rotatable bonds is 4. The van der Waals surface area contributed by atoms with Crippen molar-refractivity contribution >= 4 is 11.8 Å². The summed E-state index contributed by atoms with van der Waals surface area (Å²) in [5.41, 5.74) is 0.541. The highest BCUT2D eigenvalue weighted by molar-refractivity contribution is 5.93. The fourth-order valence-corrected chi connectivity index (χ4v) is 3.40. The number of pyridine rings is 1. The molecule has 7 heteroatoms. The van der Waals surface area contributed by atoms with Gasteiger partial charge in [-0.15, -0.1) is 0 Å². The number of carbonyl (C=O) groups excluding carboxylic acids is 2. The first kappa shape index (κ1) is 18.6. The predicted molar refractivity (Wildman–Crippen MR) is 96.0 cm³/mol. The number of likely N-dealkylation sites (tertiary alicyclic amines) is 1. The van der Waals surface area contributed by atoms with Crippen LogP contribution in [0.1, 0.15) is 36.0 Å². The predicted octanol–water partition coefficient (Wildman–Crippen LogP) is 1.58. The minimum absolute atomic E-state index is 0.0524. The molecule has 0 atom stereocenters. The van der Waals surface area contributed by atoms with E-state index in [1.54, 1.807) is 32.4 Å². The second-order valence-corrected chi connectivity index (χ2v) is 7.11. The van der Waals surface area contributed by atoms with Crippen LogP contribution in [0, 0.1) is 5.92 Å². The van der Waals surface area contributed by atoms with Crippen molar-refractivity contribution in [3.8, 4) is 5.88 Å². The highest BCUT2D eigenvalue weighted by atomic mass is 16.5. The molecule has 0 unspecified atom stereocenters. The van der Waals surface area contributed by atoms with E-state index < -0.39 is 0 Å². The minimum atomic E-state index is -0.0796. The maximum atomic E-state index is 12.6. The second kappa shape index (κ2) is 8.49. The Labute approximate surface area is 154 Å². The monoisotopic (exact) mass is 361 g/mol. The molecule has 2 saturated heterocycles. The Morgan fingerprint density at radius 3 is 2.42 bits per heavy atom. The molecule has 1 aromatic rings. The van der Waals surface area contributed by atoms with E-state index in [4.69, 9.17) is 9.47 Å². The van der Waals surface area contributed by atoms with Crippen LogP contribution in [0.2, 0.25) is 0 Å². The number of nitrogens with zero attached hydrogens (tertiary/aromatic N) is 3. The van der Waals surface area contributed by atoms with Crippen molar-refractivity contribution < 1.29 is 19.1 Å². The van der Waals surface area contributed by atoms with E-state index in [0.717, 1.165) is 38.8 Å². The molecule has 2 fully saturated rings. The van der Waals surface area contributed by atoms with Gasteiger partial charge in [-0.05, 0) is 18.9 Å². The fourth-order valence-electron chi connectivity index (χ4n) is 3.40. The molecule has 0 saturated carbocycles. The van der Waals surface area contributed by atoms with Crippen LogP contribution in [0.3, 0.4) is 0 Å². The smallest absolute Gasteiger partial charge is 0.254 e. The lowest BCUT2D eigenvalue weighted by molar-refractivity contribution is -0.140. The zero-order valence-corrected chi connectivity index (χ0v) is 15.5. The molecular formula is C19H27N3O4. The molecule has 7 nitrogen and oxygen atoms in total. The summed E-state index contributed by atoms with van der Waals surface area (Å²) < 4.78 is 11.3.